The van der Waals surface area contributed by atoms with E-state index < -0.39 is 9.84 Å². The molecule has 0 spiro atoms. The summed E-state index contributed by atoms with van der Waals surface area (Å²) in [5, 5.41) is 3.84. The van der Waals surface area contributed by atoms with Gasteiger partial charge < -0.3 is 5.73 Å². The van der Waals surface area contributed by atoms with Crippen LogP contribution in [0.1, 0.15) is 13.8 Å². The van der Waals surface area contributed by atoms with E-state index in [9.17, 15) is 8.42 Å². The molecule has 0 aliphatic heterocycles. The van der Waals surface area contributed by atoms with Crippen LogP contribution in [-0.4, -0.2) is 29.2 Å². The van der Waals surface area contributed by atoms with Crippen LogP contribution in [0.15, 0.2) is 36.7 Å². The number of anilines is 1. The van der Waals surface area contributed by atoms with Crippen molar-refractivity contribution in [1.82, 2.24) is 9.78 Å². The van der Waals surface area contributed by atoms with Gasteiger partial charge in [0, 0.05) is 17.4 Å². The summed E-state index contributed by atoms with van der Waals surface area (Å²) in [6.45, 7) is 3.75. The summed E-state index contributed by atoms with van der Waals surface area (Å²) in [6, 6.07) is 7.52. The minimum atomic E-state index is -3.04. The third kappa shape index (κ3) is 3.39. The molecule has 108 valence electrons. The maximum Gasteiger partial charge on any atom is 0.154 e. The Kier molecular flexibility index (Phi) is 4.13. The van der Waals surface area contributed by atoms with E-state index in [4.69, 9.17) is 5.73 Å². The smallest absolute Gasteiger partial charge is 0.154 e. The predicted octanol–water partition coefficient (Wildman–Crippen LogP) is 1.96. The number of rotatable bonds is 5. The van der Waals surface area contributed by atoms with E-state index in [0.29, 0.717) is 12.2 Å². The van der Waals surface area contributed by atoms with Crippen LogP contribution in [0, 0.1) is 0 Å². The number of sulfone groups is 1. The minimum absolute atomic E-state index is 0.0999. The second-order valence-electron chi connectivity index (χ2n) is 5.03. The molecule has 0 aliphatic rings. The van der Waals surface area contributed by atoms with Crippen LogP contribution in [0.3, 0.4) is 0 Å². The Morgan fingerprint density at radius 3 is 2.70 bits per heavy atom. The van der Waals surface area contributed by atoms with Gasteiger partial charge in [0.2, 0.25) is 0 Å². The molecule has 0 amide bonds. The number of nitrogen functional groups attached to an aromatic ring is 1. The molecule has 2 aromatic rings. The highest BCUT2D eigenvalue weighted by atomic mass is 32.2. The van der Waals surface area contributed by atoms with Crippen molar-refractivity contribution in [1.29, 1.82) is 0 Å². The molecular formula is C14H19N3O2S. The lowest BCUT2D eigenvalue weighted by molar-refractivity contribution is 0.573. The number of hydrogen-bond donors (Lipinski definition) is 1. The number of aromatic nitrogens is 2. The number of aryl methyl sites for hydroxylation is 1. The maximum atomic E-state index is 11.8. The molecule has 6 heteroatoms. The molecule has 1 aromatic carbocycles. The van der Waals surface area contributed by atoms with Crippen LogP contribution in [0.25, 0.3) is 11.1 Å². The first kappa shape index (κ1) is 14.6. The van der Waals surface area contributed by atoms with E-state index in [1.165, 1.54) is 0 Å². The van der Waals surface area contributed by atoms with Crippen molar-refractivity contribution in [2.24, 2.45) is 0 Å². The van der Waals surface area contributed by atoms with E-state index in [-0.39, 0.29) is 11.0 Å². The van der Waals surface area contributed by atoms with E-state index >= 15 is 0 Å². The van der Waals surface area contributed by atoms with Gasteiger partial charge in [-0.1, -0.05) is 12.1 Å². The zero-order valence-corrected chi connectivity index (χ0v) is 12.5. The van der Waals surface area contributed by atoms with Gasteiger partial charge in [0.05, 0.1) is 23.7 Å². The number of benzene rings is 1. The van der Waals surface area contributed by atoms with Gasteiger partial charge in [-0.05, 0) is 31.5 Å². The van der Waals surface area contributed by atoms with Crippen molar-refractivity contribution in [2.45, 2.75) is 25.6 Å². The normalized spacial score (nSPS) is 11.9. The second kappa shape index (κ2) is 5.66. The Bertz CT molecular complexity index is 690. The average molecular weight is 293 g/mol. The van der Waals surface area contributed by atoms with Crippen LogP contribution < -0.4 is 5.73 Å². The Hall–Kier alpha value is -1.82. The molecular weight excluding hydrogens is 274 g/mol. The zero-order valence-electron chi connectivity index (χ0n) is 11.7. The lowest BCUT2D eigenvalue weighted by Crippen LogP contribution is -2.21. The highest BCUT2D eigenvalue weighted by Crippen LogP contribution is 2.20. The fraction of sp³-hybridized carbons (Fsp3) is 0.357. The molecule has 0 aliphatic carbocycles. The Morgan fingerprint density at radius 1 is 1.30 bits per heavy atom. The van der Waals surface area contributed by atoms with E-state index in [1.807, 2.05) is 30.5 Å². The van der Waals surface area contributed by atoms with Crippen LogP contribution >= 0.6 is 0 Å². The van der Waals surface area contributed by atoms with Crippen LogP contribution in [-0.2, 0) is 16.4 Å². The summed E-state index contributed by atoms with van der Waals surface area (Å²) >= 11 is 0. The molecule has 0 saturated carbocycles. The molecule has 2 rings (SSSR count). The van der Waals surface area contributed by atoms with Crippen LogP contribution in [0.2, 0.25) is 0 Å². The largest absolute Gasteiger partial charge is 0.399 e. The van der Waals surface area contributed by atoms with Crippen LogP contribution in [0.4, 0.5) is 5.69 Å². The highest BCUT2D eigenvalue weighted by molar-refractivity contribution is 7.91. The first-order valence-corrected chi connectivity index (χ1v) is 8.20. The monoisotopic (exact) mass is 293 g/mol. The summed E-state index contributed by atoms with van der Waals surface area (Å²) in [5.41, 5.74) is 8.34. The van der Waals surface area contributed by atoms with Gasteiger partial charge in [0.1, 0.15) is 0 Å². The SMILES string of the molecule is CC(C)S(=O)(=O)CCn1cc(-c2cccc(N)c2)cn1. The lowest BCUT2D eigenvalue weighted by Gasteiger charge is -2.07. The maximum absolute atomic E-state index is 11.8. The number of nitrogens with zero attached hydrogens (tertiary/aromatic N) is 2. The fourth-order valence-electron chi connectivity index (χ4n) is 1.81. The number of nitrogens with two attached hydrogens (primary N) is 1. The average Bonchev–Trinajstić information content (AvgIpc) is 2.85. The van der Waals surface area contributed by atoms with Crippen molar-refractivity contribution >= 4 is 15.5 Å². The third-order valence-corrected chi connectivity index (χ3v) is 5.36. The summed E-state index contributed by atoms with van der Waals surface area (Å²) in [5.74, 6) is 0.0999. The van der Waals surface area contributed by atoms with Gasteiger partial charge in [-0.25, -0.2) is 8.42 Å². The Morgan fingerprint density at radius 2 is 2.05 bits per heavy atom. The Balaban J connectivity index is 2.10. The molecule has 0 unspecified atom stereocenters. The van der Waals surface area contributed by atoms with Gasteiger partial charge in [-0.15, -0.1) is 0 Å². The standard InChI is InChI=1S/C14H19N3O2S/c1-11(2)20(18,19)7-6-17-10-13(9-16-17)12-4-3-5-14(15)8-12/h3-5,8-11H,6-7,15H2,1-2H3. The molecule has 1 aromatic heterocycles. The van der Waals surface area contributed by atoms with E-state index in [1.54, 1.807) is 24.7 Å². The van der Waals surface area contributed by atoms with Gasteiger partial charge in [-0.3, -0.25) is 4.68 Å². The summed E-state index contributed by atoms with van der Waals surface area (Å²) in [7, 11) is -3.04. The molecule has 1 heterocycles. The van der Waals surface area contributed by atoms with Gasteiger partial charge in [0.15, 0.2) is 9.84 Å². The molecule has 0 saturated heterocycles. The summed E-state index contributed by atoms with van der Waals surface area (Å²) in [6.07, 6.45) is 3.56. The second-order valence-corrected chi connectivity index (χ2v) is 7.71. The van der Waals surface area contributed by atoms with Crippen molar-refractivity contribution < 1.29 is 8.42 Å². The topological polar surface area (TPSA) is 78.0 Å². The fourth-order valence-corrected chi connectivity index (χ4v) is 2.72. The lowest BCUT2D eigenvalue weighted by atomic mass is 10.1. The van der Waals surface area contributed by atoms with Crippen molar-refractivity contribution in [2.75, 3.05) is 11.5 Å². The molecule has 0 atom stereocenters. The molecule has 0 fully saturated rings. The van der Waals surface area contributed by atoms with Crippen molar-refractivity contribution in [3.63, 3.8) is 0 Å². The van der Waals surface area contributed by atoms with E-state index in [2.05, 4.69) is 5.10 Å². The summed E-state index contributed by atoms with van der Waals surface area (Å²) in [4.78, 5) is 0. The van der Waals surface area contributed by atoms with Gasteiger partial charge in [0.25, 0.3) is 0 Å². The molecule has 2 N–H and O–H groups in total. The third-order valence-electron chi connectivity index (χ3n) is 3.18. The quantitative estimate of drug-likeness (QED) is 0.855. The van der Waals surface area contributed by atoms with Crippen LogP contribution in [0.5, 0.6) is 0 Å². The molecule has 0 radical (unpaired) electrons. The number of hydrogen-bond acceptors (Lipinski definition) is 4. The minimum Gasteiger partial charge on any atom is -0.399 e. The molecule has 0 bridgehead atoms. The molecule has 20 heavy (non-hydrogen) atoms. The first-order chi connectivity index (χ1) is 9.38. The first-order valence-electron chi connectivity index (χ1n) is 6.48. The predicted molar refractivity (Wildman–Crippen MR) is 81.0 cm³/mol. The highest BCUT2D eigenvalue weighted by Gasteiger charge is 2.16. The van der Waals surface area contributed by atoms with Gasteiger partial charge >= 0.3 is 0 Å². The Labute approximate surface area is 119 Å². The summed E-state index contributed by atoms with van der Waals surface area (Å²) < 4.78 is 25.2. The zero-order chi connectivity index (χ0) is 14.8. The van der Waals surface area contributed by atoms with Crippen molar-refractivity contribution in [3.8, 4) is 11.1 Å². The molecule has 5 nitrogen and oxygen atoms in total. The van der Waals surface area contributed by atoms with E-state index in [0.717, 1.165) is 11.1 Å². The van der Waals surface area contributed by atoms with Gasteiger partial charge in [-0.2, -0.15) is 5.10 Å². The van der Waals surface area contributed by atoms with Crippen molar-refractivity contribution in [3.05, 3.63) is 36.7 Å².